The third kappa shape index (κ3) is 8.15. The summed E-state index contributed by atoms with van der Waals surface area (Å²) in [7, 11) is 0. The molecule has 1 unspecified atom stereocenters. The Morgan fingerprint density at radius 2 is 1.58 bits per heavy atom. The molecule has 6 N–H and O–H groups in total. The number of carboxylic acids is 2. The van der Waals surface area contributed by atoms with Crippen LogP contribution < -0.4 is 11.5 Å². The first kappa shape index (κ1) is 17.4. The molecule has 0 spiro atoms. The van der Waals surface area contributed by atoms with E-state index in [2.05, 4.69) is 0 Å². The van der Waals surface area contributed by atoms with Gasteiger partial charge in [0.2, 0.25) is 0 Å². The van der Waals surface area contributed by atoms with Gasteiger partial charge in [-0.1, -0.05) is 23.7 Å². The molecule has 1 aromatic carbocycles. The Morgan fingerprint density at radius 3 is 1.89 bits per heavy atom. The van der Waals surface area contributed by atoms with Crippen molar-refractivity contribution in [3.05, 3.63) is 34.9 Å². The van der Waals surface area contributed by atoms with Crippen LogP contribution in [0.5, 0.6) is 0 Å². The van der Waals surface area contributed by atoms with Crippen molar-refractivity contribution in [3.63, 3.8) is 0 Å². The molecule has 106 valence electrons. The lowest BCUT2D eigenvalue weighted by Crippen LogP contribution is -2.32. The van der Waals surface area contributed by atoms with Crippen LogP contribution >= 0.6 is 11.6 Å². The molecule has 0 radical (unpaired) electrons. The van der Waals surface area contributed by atoms with Crippen molar-refractivity contribution in [2.45, 2.75) is 25.4 Å². The van der Waals surface area contributed by atoms with E-state index in [0.717, 1.165) is 5.56 Å². The fourth-order valence-corrected chi connectivity index (χ4v) is 1.09. The van der Waals surface area contributed by atoms with E-state index < -0.39 is 24.0 Å². The Balaban J connectivity index is 0.000000459. The summed E-state index contributed by atoms with van der Waals surface area (Å²) in [5.74, 6) is -1.95. The molecule has 19 heavy (non-hydrogen) atoms. The maximum Gasteiger partial charge on any atom is 0.320 e. The minimum absolute atomic E-state index is 0.326. The lowest BCUT2D eigenvalue weighted by molar-refractivity contribution is -0.139. The van der Waals surface area contributed by atoms with Crippen LogP contribution in [0.4, 0.5) is 0 Å². The minimum Gasteiger partial charge on any atom is -0.480 e. The number of aliphatic carboxylic acids is 2. The van der Waals surface area contributed by atoms with Crippen LogP contribution in [0.15, 0.2) is 24.3 Å². The van der Waals surface area contributed by atoms with Crippen molar-refractivity contribution in [2.24, 2.45) is 11.5 Å². The molecule has 0 aliphatic heterocycles. The Labute approximate surface area is 116 Å². The molecule has 0 saturated carbocycles. The highest BCUT2D eigenvalue weighted by Gasteiger charge is 2.11. The van der Waals surface area contributed by atoms with Gasteiger partial charge in [0.15, 0.2) is 0 Å². The molecule has 1 rings (SSSR count). The number of carboxylic acid groups (broad SMARTS) is 2. The molecule has 0 bridgehead atoms. The first-order valence-electron chi connectivity index (χ1n) is 5.45. The first-order valence-corrected chi connectivity index (χ1v) is 5.83. The molecular weight excluding hydrogens is 272 g/mol. The summed E-state index contributed by atoms with van der Waals surface area (Å²) >= 11 is 5.66. The van der Waals surface area contributed by atoms with Crippen LogP contribution in [0.3, 0.4) is 0 Å². The van der Waals surface area contributed by atoms with Crippen LogP contribution in [0.25, 0.3) is 0 Å². The fourth-order valence-electron chi connectivity index (χ4n) is 0.962. The zero-order valence-electron chi connectivity index (χ0n) is 10.4. The van der Waals surface area contributed by atoms with Gasteiger partial charge in [-0.05, 0) is 31.0 Å². The van der Waals surface area contributed by atoms with Gasteiger partial charge in [-0.15, -0.1) is 0 Å². The number of hydrogen-bond donors (Lipinski definition) is 4. The predicted molar refractivity (Wildman–Crippen MR) is 72.1 cm³/mol. The SMILES string of the molecule is CC(N)C(=O)O.N[C@@H](Cc1ccc(Cl)cc1)C(=O)O. The third-order valence-electron chi connectivity index (χ3n) is 2.08. The average molecular weight is 289 g/mol. The van der Waals surface area contributed by atoms with Gasteiger partial charge in [0.1, 0.15) is 12.1 Å². The smallest absolute Gasteiger partial charge is 0.320 e. The molecule has 2 atom stereocenters. The highest BCUT2D eigenvalue weighted by Crippen LogP contribution is 2.10. The van der Waals surface area contributed by atoms with Gasteiger partial charge in [0, 0.05) is 5.02 Å². The Hall–Kier alpha value is -1.63. The summed E-state index contributed by atoms with van der Waals surface area (Å²) in [4.78, 5) is 20.0. The largest absolute Gasteiger partial charge is 0.480 e. The Morgan fingerprint density at radius 1 is 1.16 bits per heavy atom. The van der Waals surface area contributed by atoms with E-state index >= 15 is 0 Å². The number of nitrogens with two attached hydrogens (primary N) is 2. The van der Waals surface area contributed by atoms with Gasteiger partial charge in [-0.25, -0.2) is 0 Å². The first-order chi connectivity index (χ1) is 8.73. The van der Waals surface area contributed by atoms with Crippen LogP contribution in [0, 0.1) is 0 Å². The third-order valence-corrected chi connectivity index (χ3v) is 2.33. The van der Waals surface area contributed by atoms with Gasteiger partial charge >= 0.3 is 11.9 Å². The molecule has 0 heterocycles. The maximum absolute atomic E-state index is 10.4. The summed E-state index contributed by atoms with van der Waals surface area (Å²) < 4.78 is 0. The molecule has 6 nitrogen and oxygen atoms in total. The highest BCUT2D eigenvalue weighted by molar-refractivity contribution is 6.30. The van der Waals surface area contributed by atoms with E-state index in [1.165, 1.54) is 6.92 Å². The summed E-state index contributed by atoms with van der Waals surface area (Å²) in [6, 6.07) is 5.39. The second kappa shape index (κ2) is 8.47. The summed E-state index contributed by atoms with van der Waals surface area (Å²) in [5, 5.41) is 17.0. The van der Waals surface area contributed by atoms with Crippen molar-refractivity contribution in [1.82, 2.24) is 0 Å². The summed E-state index contributed by atoms with van der Waals surface area (Å²) in [6.07, 6.45) is 0.326. The maximum atomic E-state index is 10.4. The van der Waals surface area contributed by atoms with Gasteiger partial charge in [0.05, 0.1) is 0 Å². The van der Waals surface area contributed by atoms with E-state index in [-0.39, 0.29) is 0 Å². The molecule has 7 heteroatoms. The number of carbonyl (C=O) groups is 2. The molecule has 0 amide bonds. The van der Waals surface area contributed by atoms with Crippen molar-refractivity contribution in [3.8, 4) is 0 Å². The molecular formula is C12H17ClN2O4. The standard InChI is InChI=1S/C9H10ClNO2.C3H7NO2/c10-7-3-1-6(2-4-7)5-8(11)9(12)13;1-2(4)3(5)6/h1-4,8H,5,11H2,(H,12,13);2H,4H2,1H3,(H,5,6)/t8-;/m0./s1. The topological polar surface area (TPSA) is 127 Å². The van der Waals surface area contributed by atoms with Gasteiger partial charge in [0.25, 0.3) is 0 Å². The molecule has 0 saturated heterocycles. The van der Waals surface area contributed by atoms with E-state index in [9.17, 15) is 9.59 Å². The van der Waals surface area contributed by atoms with Crippen molar-refractivity contribution in [2.75, 3.05) is 0 Å². The quantitative estimate of drug-likeness (QED) is 0.646. The number of benzene rings is 1. The van der Waals surface area contributed by atoms with Crippen LogP contribution in [0.1, 0.15) is 12.5 Å². The van der Waals surface area contributed by atoms with E-state index in [1.54, 1.807) is 24.3 Å². The fraction of sp³-hybridized carbons (Fsp3) is 0.333. The minimum atomic E-state index is -0.991. The highest BCUT2D eigenvalue weighted by atomic mass is 35.5. The molecule has 0 aliphatic carbocycles. The number of hydrogen-bond acceptors (Lipinski definition) is 4. The molecule has 1 aromatic rings. The Bertz CT molecular complexity index is 420. The molecule has 0 aliphatic rings. The predicted octanol–water partition coefficient (Wildman–Crippen LogP) is 0.713. The van der Waals surface area contributed by atoms with Crippen LogP contribution in [0.2, 0.25) is 5.02 Å². The van der Waals surface area contributed by atoms with Gasteiger partial charge in [-0.3, -0.25) is 9.59 Å². The van der Waals surface area contributed by atoms with Crippen LogP contribution in [-0.2, 0) is 16.0 Å². The Kier molecular flexibility index (Phi) is 7.74. The monoisotopic (exact) mass is 288 g/mol. The number of halogens is 1. The van der Waals surface area contributed by atoms with Crippen molar-refractivity contribution in [1.29, 1.82) is 0 Å². The molecule has 0 fully saturated rings. The normalized spacial score (nSPS) is 12.8. The lowest BCUT2D eigenvalue weighted by Gasteiger charge is -2.05. The van der Waals surface area contributed by atoms with Gasteiger partial charge < -0.3 is 21.7 Å². The second-order valence-electron chi connectivity index (χ2n) is 3.90. The molecule has 0 aromatic heterocycles. The zero-order valence-corrected chi connectivity index (χ0v) is 11.2. The number of rotatable bonds is 4. The van der Waals surface area contributed by atoms with Crippen molar-refractivity contribution >= 4 is 23.5 Å². The van der Waals surface area contributed by atoms with E-state index in [4.69, 9.17) is 33.3 Å². The van der Waals surface area contributed by atoms with E-state index in [0.29, 0.717) is 11.4 Å². The lowest BCUT2D eigenvalue weighted by atomic mass is 10.1. The summed E-state index contributed by atoms with van der Waals surface area (Å²) in [5.41, 5.74) is 11.1. The van der Waals surface area contributed by atoms with E-state index in [1.807, 2.05) is 0 Å². The van der Waals surface area contributed by atoms with Crippen molar-refractivity contribution < 1.29 is 19.8 Å². The second-order valence-corrected chi connectivity index (χ2v) is 4.34. The zero-order chi connectivity index (χ0) is 15.0. The van der Waals surface area contributed by atoms with Crippen LogP contribution in [-0.4, -0.2) is 34.2 Å². The van der Waals surface area contributed by atoms with Gasteiger partial charge in [-0.2, -0.15) is 0 Å². The summed E-state index contributed by atoms with van der Waals surface area (Å²) in [6.45, 7) is 1.42. The average Bonchev–Trinajstić information content (AvgIpc) is 2.32.